The van der Waals surface area contributed by atoms with Gasteiger partial charge in [0, 0.05) is 10.7 Å². The Hall–Kier alpha value is 0.960. The molecule has 0 aliphatic carbocycles. The molecule has 62 valence electrons. The predicted molar refractivity (Wildman–Crippen MR) is 55.2 cm³/mol. The monoisotopic (exact) mass is 270 g/mol. The summed E-state index contributed by atoms with van der Waals surface area (Å²) in [5.74, 6) is 1.70. The van der Waals surface area contributed by atoms with E-state index in [1.165, 1.54) is 12.8 Å². The van der Waals surface area contributed by atoms with Crippen LogP contribution in [0.4, 0.5) is 0 Å². The molecule has 0 aromatic heterocycles. The maximum Gasteiger partial charge on any atom is 0.00625 e. The molecule has 0 radical (unpaired) electrons. The van der Waals surface area contributed by atoms with Crippen molar-refractivity contribution in [3.05, 3.63) is 0 Å². The number of hydrogen-bond donors (Lipinski definition) is 0. The first-order valence-corrected chi connectivity index (χ1v) is 6.16. The fraction of sp³-hybridized carbons (Fsp3) is 1.00. The molecule has 0 saturated carbocycles. The predicted octanol–water partition coefficient (Wildman–Crippen LogP) is 3.83. The van der Waals surface area contributed by atoms with Crippen LogP contribution in [0.2, 0.25) is 0 Å². The van der Waals surface area contributed by atoms with Crippen molar-refractivity contribution in [1.82, 2.24) is 0 Å². The summed E-state index contributed by atoms with van der Waals surface area (Å²) in [6, 6.07) is 0. The number of halogens is 2. The SMILES string of the molecule is CC[C@@H](CBr)[C@@H](CC)CBr. The van der Waals surface area contributed by atoms with Gasteiger partial charge >= 0.3 is 0 Å². The van der Waals surface area contributed by atoms with Gasteiger partial charge < -0.3 is 0 Å². The Balaban J connectivity index is 3.70. The Bertz CT molecular complexity index is 55.7. The topological polar surface area (TPSA) is 0 Å². The van der Waals surface area contributed by atoms with Crippen molar-refractivity contribution in [2.24, 2.45) is 11.8 Å². The zero-order valence-corrected chi connectivity index (χ0v) is 9.91. The van der Waals surface area contributed by atoms with Gasteiger partial charge in [-0.3, -0.25) is 0 Å². The first-order valence-electron chi connectivity index (χ1n) is 3.92. The van der Waals surface area contributed by atoms with Crippen molar-refractivity contribution < 1.29 is 0 Å². The van der Waals surface area contributed by atoms with Gasteiger partial charge in [0.05, 0.1) is 0 Å². The van der Waals surface area contributed by atoms with Gasteiger partial charge in [-0.05, 0) is 11.8 Å². The fourth-order valence-corrected chi connectivity index (χ4v) is 3.11. The van der Waals surface area contributed by atoms with Crippen molar-refractivity contribution in [2.45, 2.75) is 26.7 Å². The van der Waals surface area contributed by atoms with Crippen LogP contribution in [-0.2, 0) is 0 Å². The van der Waals surface area contributed by atoms with Crippen LogP contribution in [0, 0.1) is 11.8 Å². The molecule has 0 bridgehead atoms. The molecule has 0 amide bonds. The fourth-order valence-electron chi connectivity index (χ4n) is 1.14. The summed E-state index contributed by atoms with van der Waals surface area (Å²) >= 11 is 7.07. The first kappa shape index (κ1) is 11.0. The van der Waals surface area contributed by atoms with E-state index in [0.717, 1.165) is 22.5 Å². The van der Waals surface area contributed by atoms with Crippen LogP contribution >= 0.6 is 31.9 Å². The van der Waals surface area contributed by atoms with Gasteiger partial charge in [0.15, 0.2) is 0 Å². The zero-order chi connectivity index (χ0) is 7.98. The molecule has 0 fully saturated rings. The second kappa shape index (κ2) is 6.66. The molecule has 0 aliphatic heterocycles. The van der Waals surface area contributed by atoms with E-state index >= 15 is 0 Å². The molecule has 0 aromatic carbocycles. The Morgan fingerprint density at radius 3 is 1.30 bits per heavy atom. The summed E-state index contributed by atoms with van der Waals surface area (Å²) in [5, 5.41) is 2.29. The summed E-state index contributed by atoms with van der Waals surface area (Å²) in [6.45, 7) is 4.52. The molecule has 10 heavy (non-hydrogen) atoms. The molecular formula is C8H16Br2. The summed E-state index contributed by atoms with van der Waals surface area (Å²) in [5.41, 5.74) is 0. The first-order chi connectivity index (χ1) is 4.79. The molecule has 0 saturated heterocycles. The average molecular weight is 272 g/mol. The number of hydrogen-bond acceptors (Lipinski definition) is 0. The number of rotatable bonds is 5. The summed E-state index contributed by atoms with van der Waals surface area (Å²) in [6.07, 6.45) is 2.57. The second-order valence-electron chi connectivity index (χ2n) is 2.65. The maximum absolute atomic E-state index is 3.54. The van der Waals surface area contributed by atoms with E-state index in [4.69, 9.17) is 0 Å². The molecule has 0 N–H and O–H groups in total. The molecular weight excluding hydrogens is 256 g/mol. The Morgan fingerprint density at radius 2 is 1.20 bits per heavy atom. The Morgan fingerprint density at radius 1 is 0.900 bits per heavy atom. The van der Waals surface area contributed by atoms with E-state index < -0.39 is 0 Å². The van der Waals surface area contributed by atoms with Gasteiger partial charge in [-0.15, -0.1) is 0 Å². The van der Waals surface area contributed by atoms with Gasteiger partial charge in [-0.2, -0.15) is 0 Å². The minimum absolute atomic E-state index is 0.851. The van der Waals surface area contributed by atoms with Gasteiger partial charge in [0.1, 0.15) is 0 Å². The molecule has 0 heterocycles. The molecule has 0 rings (SSSR count). The van der Waals surface area contributed by atoms with Crippen LogP contribution in [0.3, 0.4) is 0 Å². The van der Waals surface area contributed by atoms with Gasteiger partial charge in [-0.1, -0.05) is 58.5 Å². The minimum atomic E-state index is 0.851. The number of alkyl halides is 2. The average Bonchev–Trinajstić information content (AvgIpc) is 2.00. The van der Waals surface area contributed by atoms with Crippen LogP contribution in [0.1, 0.15) is 26.7 Å². The third kappa shape index (κ3) is 3.38. The Labute approximate surface area is 81.0 Å². The normalized spacial score (nSPS) is 16.8. The highest BCUT2D eigenvalue weighted by Crippen LogP contribution is 2.22. The van der Waals surface area contributed by atoms with E-state index in [1.807, 2.05) is 0 Å². The third-order valence-electron chi connectivity index (χ3n) is 2.11. The van der Waals surface area contributed by atoms with Crippen molar-refractivity contribution in [3.8, 4) is 0 Å². The molecule has 2 atom stereocenters. The quantitative estimate of drug-likeness (QED) is 0.667. The highest BCUT2D eigenvalue weighted by Gasteiger charge is 2.14. The summed E-state index contributed by atoms with van der Waals surface area (Å²) in [4.78, 5) is 0. The molecule has 0 nitrogen and oxygen atoms in total. The van der Waals surface area contributed by atoms with Crippen LogP contribution in [-0.4, -0.2) is 10.7 Å². The smallest absolute Gasteiger partial charge is 0.00625 e. The van der Waals surface area contributed by atoms with E-state index in [-0.39, 0.29) is 0 Å². The van der Waals surface area contributed by atoms with Crippen LogP contribution in [0.25, 0.3) is 0 Å². The second-order valence-corrected chi connectivity index (χ2v) is 3.94. The lowest BCUT2D eigenvalue weighted by atomic mass is 9.91. The van der Waals surface area contributed by atoms with Crippen LogP contribution < -0.4 is 0 Å². The highest BCUT2D eigenvalue weighted by molar-refractivity contribution is 9.09. The van der Waals surface area contributed by atoms with E-state index in [9.17, 15) is 0 Å². The van der Waals surface area contributed by atoms with Gasteiger partial charge in [-0.25, -0.2) is 0 Å². The third-order valence-corrected chi connectivity index (χ3v) is 3.78. The largest absolute Gasteiger partial charge is 0.0925 e. The molecule has 2 heteroatoms. The van der Waals surface area contributed by atoms with Gasteiger partial charge in [0.25, 0.3) is 0 Å². The lowest BCUT2D eigenvalue weighted by Crippen LogP contribution is -2.15. The highest BCUT2D eigenvalue weighted by atomic mass is 79.9. The minimum Gasteiger partial charge on any atom is -0.0925 e. The van der Waals surface area contributed by atoms with E-state index in [0.29, 0.717) is 0 Å². The zero-order valence-electron chi connectivity index (χ0n) is 6.74. The lowest BCUT2D eigenvalue weighted by Gasteiger charge is -2.20. The van der Waals surface area contributed by atoms with Crippen LogP contribution in [0.15, 0.2) is 0 Å². The van der Waals surface area contributed by atoms with Crippen molar-refractivity contribution in [1.29, 1.82) is 0 Å². The molecule has 0 unspecified atom stereocenters. The maximum atomic E-state index is 3.54. The van der Waals surface area contributed by atoms with Crippen molar-refractivity contribution in [3.63, 3.8) is 0 Å². The molecule has 0 aliphatic rings. The standard InChI is InChI=1S/C8H16Br2/c1-3-7(5-9)8(4-2)6-10/h7-8H,3-6H2,1-2H3/t7-,8-/m0/s1. The molecule has 0 aromatic rings. The van der Waals surface area contributed by atoms with E-state index in [2.05, 4.69) is 45.7 Å². The van der Waals surface area contributed by atoms with Gasteiger partial charge in [0.2, 0.25) is 0 Å². The van der Waals surface area contributed by atoms with Crippen molar-refractivity contribution >= 4 is 31.9 Å². The van der Waals surface area contributed by atoms with E-state index in [1.54, 1.807) is 0 Å². The molecule has 0 spiro atoms. The van der Waals surface area contributed by atoms with Crippen LogP contribution in [0.5, 0.6) is 0 Å². The Kier molecular flexibility index (Phi) is 7.30. The van der Waals surface area contributed by atoms with Crippen molar-refractivity contribution in [2.75, 3.05) is 10.7 Å². The summed E-state index contributed by atoms with van der Waals surface area (Å²) in [7, 11) is 0. The summed E-state index contributed by atoms with van der Waals surface area (Å²) < 4.78 is 0. The lowest BCUT2D eigenvalue weighted by molar-refractivity contribution is 0.384.